The molecule has 6 aliphatic heterocycles. The number of nitrogens with zero attached hydrogens (tertiary/aromatic N) is 10. The normalized spacial score (nSPS) is 18.4. The van der Waals surface area contributed by atoms with E-state index in [9.17, 15) is 0 Å². The molecule has 558 valence electrons. The second-order valence-electron chi connectivity index (χ2n) is 31.0. The molecule has 12 aliphatic rings. The molecule has 19 rings (SSSR count). The molecule has 0 saturated carbocycles. The predicted octanol–water partition coefficient (Wildman–Crippen LogP) is 23.9. The van der Waals surface area contributed by atoms with Crippen molar-refractivity contribution in [2.45, 2.75) is 254 Å². The van der Waals surface area contributed by atoms with Crippen LogP contribution < -0.4 is 29.4 Å². The fraction of sp³-hybridized carbons (Fsp3) is 0.468. The Balaban J connectivity index is 0.000000671. The second-order valence-corrected chi connectivity index (χ2v) is 31.0. The number of methoxy groups -OCH3 is 2. The standard InChI is InChI=1S/C84H94N8O2.C5H10N.C5H6N.2Zn/c1-15-23-27-51-43(9)59-35-71-75-55-31-32-56(76(75)72(91-71)36-60-44(10)52(28-24-16-2)68(86-60)40-64-48(20-6)47(19-5)63(89-64)39-67(51)85-59)80-79(55)83(93-13)81-57-33-34-58(82(81)84(80)94-14)78-74-38-62-46(12)54(30-26-18-4)70(88-62)42-66-50(22-8)49(21-7)65(90-66)41-69-53(29-25-17-3)45(11)61(87-69)37-73(92-74)77(57)78;2*1-2-4-6-5-3-1;;/h35-42,55-58H,15-34H2,1-14H3;1-5H2;1-4H,5H2;;/q-4;2*-1;;. The van der Waals surface area contributed by atoms with Crippen molar-refractivity contribution in [2.75, 3.05) is 33.9 Å². The molecular formula is C94H110N10O2Zn2-6. The molecule has 7 aromatic rings. The third kappa shape index (κ3) is 14.0. The van der Waals surface area contributed by atoms with Crippen LogP contribution in [0.15, 0.2) is 73.0 Å². The summed E-state index contributed by atoms with van der Waals surface area (Å²) in [4.78, 5) is 45.3. The number of rotatable bonds is 18. The molecule has 6 aromatic heterocycles. The molecule has 12 nitrogen and oxygen atoms in total. The minimum atomic E-state index is 0. The van der Waals surface area contributed by atoms with Crippen LogP contribution in [-0.4, -0.2) is 53.8 Å². The van der Waals surface area contributed by atoms with Crippen LogP contribution in [0.5, 0.6) is 11.5 Å². The van der Waals surface area contributed by atoms with Gasteiger partial charge in [-0.3, -0.25) is 0 Å². The van der Waals surface area contributed by atoms with Gasteiger partial charge in [-0.2, -0.15) is 6.20 Å². The van der Waals surface area contributed by atoms with Crippen molar-refractivity contribution in [2.24, 2.45) is 0 Å². The van der Waals surface area contributed by atoms with Gasteiger partial charge in [0.1, 0.15) is 11.5 Å². The Morgan fingerprint density at radius 2 is 0.630 bits per heavy atom. The van der Waals surface area contributed by atoms with Crippen LogP contribution >= 0.6 is 0 Å². The fourth-order valence-electron chi connectivity index (χ4n) is 19.5. The zero-order valence-electron chi connectivity index (χ0n) is 67.3. The Labute approximate surface area is 668 Å². The van der Waals surface area contributed by atoms with Crippen LogP contribution in [0.2, 0.25) is 0 Å². The van der Waals surface area contributed by atoms with E-state index in [0.29, 0.717) is 0 Å². The van der Waals surface area contributed by atoms with Gasteiger partial charge in [0, 0.05) is 84.9 Å². The van der Waals surface area contributed by atoms with Gasteiger partial charge in [-0.15, -0.1) is 69.8 Å². The number of benzene rings is 1. The Kier molecular flexibility index (Phi) is 24.8. The van der Waals surface area contributed by atoms with Crippen molar-refractivity contribution in [3.63, 3.8) is 0 Å². The average molecular weight is 1540 g/mol. The zero-order valence-corrected chi connectivity index (χ0v) is 73.3. The zero-order chi connectivity index (χ0) is 73.6. The maximum atomic E-state index is 7.13. The smallest absolute Gasteiger partial charge is 0.127 e. The van der Waals surface area contributed by atoms with Crippen LogP contribution in [0.4, 0.5) is 0 Å². The number of aryl methyl sites for hydroxylation is 4. The van der Waals surface area contributed by atoms with Gasteiger partial charge in [0.2, 0.25) is 0 Å². The number of aromatic nitrogens is 8. The van der Waals surface area contributed by atoms with Crippen molar-refractivity contribution in [1.82, 2.24) is 39.9 Å². The predicted molar refractivity (Wildman–Crippen MR) is 442 cm³/mol. The van der Waals surface area contributed by atoms with Crippen molar-refractivity contribution < 1.29 is 48.4 Å². The molecule has 1 fully saturated rings. The molecule has 0 N–H and O–H groups in total. The SMILES string of the molecule is C1=CC[N-]C=C1.C1CC[N-]CC1.CCCCC1=C(C)c2cc3[n-]c(cc4nc(cc5[n-]c(cc1n2)c(CC)c5CC)C(CCCC)=C4C)c1c3C2CCC1c1c(OC)c3c(c(OC)c12)C1CCC3c2c1c1cc3nc(cc4[n-]c(cc5nc(cc2[n-]1)C(C)=C5CCCC)c(CC)c4CC)C(CCCC)=C3C.[Zn].[Zn]. The molecule has 6 aliphatic carbocycles. The van der Waals surface area contributed by atoms with Crippen molar-refractivity contribution in [1.29, 1.82) is 0 Å². The molecule has 12 heterocycles. The molecule has 0 spiro atoms. The molecular weight excluding hydrogens is 1430 g/mol. The Bertz CT molecular complexity index is 4580. The molecule has 0 radical (unpaired) electrons. The number of hydrogen-bond donors (Lipinski definition) is 0. The van der Waals surface area contributed by atoms with Crippen molar-refractivity contribution in [3.05, 3.63) is 196 Å². The number of unbranched alkanes of at least 4 members (excludes halogenated alkanes) is 4. The van der Waals surface area contributed by atoms with E-state index < -0.39 is 0 Å². The third-order valence-corrected chi connectivity index (χ3v) is 24.9. The molecule has 20 bridgehead atoms. The topological polar surface area (TPSA) is 155 Å². The molecule has 14 heteroatoms. The summed E-state index contributed by atoms with van der Waals surface area (Å²) < 4.78 is 14.3. The Hall–Kier alpha value is -7.49. The van der Waals surface area contributed by atoms with E-state index in [1.54, 1.807) is 6.20 Å². The van der Waals surface area contributed by atoms with E-state index in [0.717, 1.165) is 249 Å². The molecule has 4 unspecified atom stereocenters. The number of fused-ring (bicyclic) bond motifs is 18. The van der Waals surface area contributed by atoms with E-state index >= 15 is 0 Å². The fourth-order valence-corrected chi connectivity index (χ4v) is 19.5. The van der Waals surface area contributed by atoms with Crippen molar-refractivity contribution >= 4 is 88.7 Å². The van der Waals surface area contributed by atoms with Gasteiger partial charge in [0.25, 0.3) is 0 Å². The minimum Gasteiger partial charge on any atom is -0.687 e. The van der Waals surface area contributed by atoms with Gasteiger partial charge < -0.3 is 40.0 Å². The summed E-state index contributed by atoms with van der Waals surface area (Å²) in [7, 11) is 3.86. The van der Waals surface area contributed by atoms with Gasteiger partial charge >= 0.3 is 0 Å². The van der Waals surface area contributed by atoms with Gasteiger partial charge in [0.15, 0.2) is 0 Å². The van der Waals surface area contributed by atoms with Gasteiger partial charge in [-0.25, -0.2) is 19.9 Å². The summed E-state index contributed by atoms with van der Waals surface area (Å²) in [5.74, 6) is 2.07. The van der Waals surface area contributed by atoms with E-state index in [-0.39, 0.29) is 62.6 Å². The third-order valence-electron chi connectivity index (χ3n) is 24.9. The van der Waals surface area contributed by atoms with E-state index in [2.05, 4.69) is 142 Å². The first-order valence-corrected chi connectivity index (χ1v) is 41.0. The van der Waals surface area contributed by atoms with Gasteiger partial charge in [-0.05, 0) is 175 Å². The van der Waals surface area contributed by atoms with Gasteiger partial charge in [0.05, 0.1) is 59.8 Å². The second kappa shape index (κ2) is 34.0. The first-order valence-electron chi connectivity index (χ1n) is 41.0. The summed E-state index contributed by atoms with van der Waals surface area (Å²) in [5.41, 5.74) is 42.0. The Morgan fingerprint density at radius 1 is 0.352 bits per heavy atom. The number of hydrogen-bond acceptors (Lipinski definition) is 6. The van der Waals surface area contributed by atoms with Crippen LogP contribution in [-0.2, 0) is 64.6 Å². The van der Waals surface area contributed by atoms with Crippen LogP contribution in [0.3, 0.4) is 0 Å². The minimum absolute atomic E-state index is 0. The Morgan fingerprint density at radius 3 is 0.824 bits per heavy atom. The van der Waals surface area contributed by atoms with E-state index in [4.69, 9.17) is 49.3 Å². The average Bonchev–Trinajstić information content (AvgIpc) is 1.30. The summed E-state index contributed by atoms with van der Waals surface area (Å²) in [6, 6.07) is 18.6. The maximum absolute atomic E-state index is 7.13. The molecule has 108 heavy (non-hydrogen) atoms. The summed E-state index contributed by atoms with van der Waals surface area (Å²) in [6.45, 7) is 30.5. The van der Waals surface area contributed by atoms with Crippen molar-refractivity contribution in [3.8, 4) is 11.5 Å². The summed E-state index contributed by atoms with van der Waals surface area (Å²) >= 11 is 0. The maximum Gasteiger partial charge on any atom is 0.127 e. The first kappa shape index (κ1) is 78.6. The summed E-state index contributed by atoms with van der Waals surface area (Å²) in [6.07, 6.45) is 32.0. The number of ether oxygens (including phenoxy) is 2. The van der Waals surface area contributed by atoms with Crippen LogP contribution in [0.1, 0.15) is 341 Å². The van der Waals surface area contributed by atoms with E-state index in [1.807, 2.05) is 32.4 Å². The van der Waals surface area contributed by atoms with E-state index in [1.165, 1.54) is 131 Å². The molecule has 1 aromatic carbocycles. The molecule has 0 amide bonds. The van der Waals surface area contributed by atoms with Crippen LogP contribution in [0, 0.1) is 0 Å². The first-order chi connectivity index (χ1) is 51.8. The monoisotopic (exact) mass is 1540 g/mol. The largest absolute Gasteiger partial charge is 0.687 e. The van der Waals surface area contributed by atoms with Crippen LogP contribution in [0.25, 0.3) is 99.4 Å². The quantitative estimate of drug-likeness (QED) is 0.0758. The number of piperidine rings is 1. The summed E-state index contributed by atoms with van der Waals surface area (Å²) in [5, 5.41) is 8.09. The number of allylic oxidation sites excluding steroid dienone is 10. The molecule has 4 atom stereocenters. The molecule has 1 saturated heterocycles. The van der Waals surface area contributed by atoms with Gasteiger partial charge in [-0.1, -0.05) is 206 Å².